The highest BCUT2D eigenvalue weighted by Gasteiger charge is 2.47. The molecule has 0 spiro atoms. The molecule has 1 heterocycles. The number of nitrogens with two attached hydrogens (primary N) is 1. The predicted molar refractivity (Wildman–Crippen MR) is 135 cm³/mol. The second kappa shape index (κ2) is 8.98. The van der Waals surface area contributed by atoms with Crippen molar-refractivity contribution < 1.29 is 9.59 Å². The van der Waals surface area contributed by atoms with Gasteiger partial charge in [0.15, 0.2) is 0 Å². The Morgan fingerprint density at radius 1 is 0.853 bits per heavy atom. The second-order valence-electron chi connectivity index (χ2n) is 9.68. The van der Waals surface area contributed by atoms with Crippen LogP contribution in [0.3, 0.4) is 0 Å². The number of carbonyl (C=O) groups is 2. The minimum absolute atomic E-state index is 0.0174. The SMILES string of the molecule is CC(C)N(c1ccccc1)c1ccc(C2C(C(N)=O)CC(=O)N2C2Cc3ccccc3C2)cc1. The molecule has 2 unspecified atom stereocenters. The van der Waals surface area contributed by atoms with Crippen LogP contribution in [0.15, 0.2) is 78.9 Å². The summed E-state index contributed by atoms with van der Waals surface area (Å²) in [6, 6.07) is 26.9. The zero-order valence-corrected chi connectivity index (χ0v) is 19.7. The van der Waals surface area contributed by atoms with Crippen molar-refractivity contribution in [2.24, 2.45) is 11.7 Å². The van der Waals surface area contributed by atoms with Gasteiger partial charge in [-0.25, -0.2) is 0 Å². The van der Waals surface area contributed by atoms with Crippen molar-refractivity contribution in [3.05, 3.63) is 95.6 Å². The fraction of sp³-hybridized carbons (Fsp3) is 0.310. The molecular formula is C29H31N3O2. The Kier molecular flexibility index (Phi) is 5.86. The zero-order valence-electron chi connectivity index (χ0n) is 19.7. The highest BCUT2D eigenvalue weighted by molar-refractivity contribution is 5.90. The molecule has 1 aliphatic heterocycles. The zero-order chi connectivity index (χ0) is 23.8. The molecule has 0 radical (unpaired) electrons. The number of hydrogen-bond donors (Lipinski definition) is 1. The molecule has 1 aliphatic carbocycles. The summed E-state index contributed by atoms with van der Waals surface area (Å²) in [5.41, 5.74) is 11.5. The van der Waals surface area contributed by atoms with Crippen molar-refractivity contribution in [3.8, 4) is 0 Å². The van der Waals surface area contributed by atoms with E-state index in [9.17, 15) is 9.59 Å². The van der Waals surface area contributed by atoms with Gasteiger partial charge in [0.1, 0.15) is 0 Å². The van der Waals surface area contributed by atoms with Gasteiger partial charge >= 0.3 is 0 Å². The minimum Gasteiger partial charge on any atom is -0.369 e. The molecule has 1 fully saturated rings. The molecular weight excluding hydrogens is 422 g/mol. The van der Waals surface area contributed by atoms with Crippen LogP contribution in [-0.4, -0.2) is 28.8 Å². The van der Waals surface area contributed by atoms with Gasteiger partial charge in [-0.2, -0.15) is 0 Å². The molecule has 2 N–H and O–H groups in total. The first-order valence-corrected chi connectivity index (χ1v) is 12.1. The third kappa shape index (κ3) is 3.96. The van der Waals surface area contributed by atoms with Gasteiger partial charge in [-0.05, 0) is 67.6 Å². The number of rotatable bonds is 6. The van der Waals surface area contributed by atoms with Crippen molar-refractivity contribution in [1.29, 1.82) is 0 Å². The molecule has 5 heteroatoms. The molecule has 174 valence electrons. The molecule has 3 aromatic carbocycles. The Labute approximate surface area is 201 Å². The quantitative estimate of drug-likeness (QED) is 0.584. The number of likely N-dealkylation sites (tertiary alicyclic amines) is 1. The molecule has 0 bridgehead atoms. The molecule has 0 aromatic heterocycles. The van der Waals surface area contributed by atoms with Crippen LogP contribution in [-0.2, 0) is 22.4 Å². The van der Waals surface area contributed by atoms with Crippen molar-refractivity contribution >= 4 is 23.2 Å². The molecule has 5 rings (SSSR count). The lowest BCUT2D eigenvalue weighted by Crippen LogP contribution is -2.40. The summed E-state index contributed by atoms with van der Waals surface area (Å²) in [6.45, 7) is 4.33. The van der Waals surface area contributed by atoms with E-state index in [2.05, 4.69) is 67.3 Å². The number of primary amides is 1. The Hall–Kier alpha value is -3.60. The number of nitrogens with zero attached hydrogens (tertiary/aromatic N) is 2. The van der Waals surface area contributed by atoms with E-state index in [-0.39, 0.29) is 30.5 Å². The third-order valence-corrected chi connectivity index (χ3v) is 7.22. The number of anilines is 2. The van der Waals surface area contributed by atoms with Crippen LogP contribution < -0.4 is 10.6 Å². The summed E-state index contributed by atoms with van der Waals surface area (Å²) in [5.74, 6) is -0.908. The maximum absolute atomic E-state index is 13.2. The van der Waals surface area contributed by atoms with Crippen LogP contribution in [0.5, 0.6) is 0 Å². The normalized spacial score (nSPS) is 20.1. The number of para-hydroxylation sites is 1. The van der Waals surface area contributed by atoms with E-state index in [0.717, 1.165) is 29.8 Å². The first kappa shape index (κ1) is 22.2. The van der Waals surface area contributed by atoms with Crippen LogP contribution in [0.4, 0.5) is 11.4 Å². The Balaban J connectivity index is 1.47. The van der Waals surface area contributed by atoms with Crippen LogP contribution in [0.25, 0.3) is 0 Å². The van der Waals surface area contributed by atoms with Gasteiger partial charge in [0.2, 0.25) is 11.8 Å². The van der Waals surface area contributed by atoms with E-state index in [1.807, 2.05) is 35.2 Å². The topological polar surface area (TPSA) is 66.6 Å². The molecule has 2 amide bonds. The van der Waals surface area contributed by atoms with Gasteiger partial charge in [0.05, 0.1) is 12.0 Å². The molecule has 3 aromatic rings. The Morgan fingerprint density at radius 2 is 1.41 bits per heavy atom. The monoisotopic (exact) mass is 453 g/mol. The largest absolute Gasteiger partial charge is 0.369 e. The first-order chi connectivity index (χ1) is 16.4. The van der Waals surface area contributed by atoms with E-state index in [0.29, 0.717) is 0 Å². The molecule has 2 aliphatic rings. The maximum atomic E-state index is 13.2. The van der Waals surface area contributed by atoms with Gasteiger partial charge in [-0.1, -0.05) is 54.6 Å². The Bertz CT molecular complexity index is 1160. The fourth-order valence-corrected chi connectivity index (χ4v) is 5.73. The van der Waals surface area contributed by atoms with Gasteiger partial charge in [0.25, 0.3) is 0 Å². The van der Waals surface area contributed by atoms with Crippen molar-refractivity contribution in [3.63, 3.8) is 0 Å². The summed E-state index contributed by atoms with van der Waals surface area (Å²) < 4.78 is 0. The lowest BCUT2D eigenvalue weighted by atomic mass is 9.92. The lowest BCUT2D eigenvalue weighted by Gasteiger charge is -2.34. The van der Waals surface area contributed by atoms with E-state index in [4.69, 9.17) is 5.73 Å². The maximum Gasteiger partial charge on any atom is 0.224 e. The van der Waals surface area contributed by atoms with Gasteiger partial charge in [-0.3, -0.25) is 9.59 Å². The number of hydrogen-bond acceptors (Lipinski definition) is 3. The van der Waals surface area contributed by atoms with Crippen LogP contribution in [0, 0.1) is 5.92 Å². The van der Waals surface area contributed by atoms with Gasteiger partial charge in [0, 0.05) is 29.9 Å². The van der Waals surface area contributed by atoms with Gasteiger partial charge in [-0.15, -0.1) is 0 Å². The lowest BCUT2D eigenvalue weighted by molar-refractivity contribution is -0.131. The molecule has 1 saturated heterocycles. The summed E-state index contributed by atoms with van der Waals surface area (Å²) in [7, 11) is 0. The third-order valence-electron chi connectivity index (χ3n) is 7.22. The van der Waals surface area contributed by atoms with Gasteiger partial charge < -0.3 is 15.5 Å². The molecule has 2 atom stereocenters. The summed E-state index contributed by atoms with van der Waals surface area (Å²) in [6.07, 6.45) is 1.81. The predicted octanol–water partition coefficient (Wildman–Crippen LogP) is 4.78. The number of fused-ring (bicyclic) bond motifs is 1. The highest BCUT2D eigenvalue weighted by Crippen LogP contribution is 2.43. The molecule has 5 nitrogen and oxygen atoms in total. The van der Waals surface area contributed by atoms with Crippen LogP contribution in [0.1, 0.15) is 43.0 Å². The van der Waals surface area contributed by atoms with E-state index in [1.54, 1.807) is 0 Å². The summed E-state index contributed by atoms with van der Waals surface area (Å²) in [4.78, 5) is 29.8. The second-order valence-corrected chi connectivity index (χ2v) is 9.68. The number of benzene rings is 3. The standard InChI is InChI=1S/C29H31N3O2/c1-19(2)31(23-10-4-3-5-11-23)24-14-12-20(13-15-24)28-26(29(30)34)18-27(33)32(28)25-16-21-8-6-7-9-22(21)17-25/h3-15,19,25-26,28H,16-18H2,1-2H3,(H2,30,34). The van der Waals surface area contributed by atoms with E-state index < -0.39 is 11.8 Å². The van der Waals surface area contributed by atoms with E-state index >= 15 is 0 Å². The highest BCUT2D eigenvalue weighted by atomic mass is 16.2. The smallest absolute Gasteiger partial charge is 0.224 e. The molecule has 34 heavy (non-hydrogen) atoms. The first-order valence-electron chi connectivity index (χ1n) is 12.1. The average Bonchev–Trinajstić information content (AvgIpc) is 3.41. The van der Waals surface area contributed by atoms with Crippen LogP contribution in [0.2, 0.25) is 0 Å². The van der Waals surface area contributed by atoms with Crippen molar-refractivity contribution in [2.75, 3.05) is 4.90 Å². The fourth-order valence-electron chi connectivity index (χ4n) is 5.73. The van der Waals surface area contributed by atoms with Crippen molar-refractivity contribution in [2.45, 2.75) is 51.2 Å². The van der Waals surface area contributed by atoms with Crippen molar-refractivity contribution in [1.82, 2.24) is 4.90 Å². The number of amides is 2. The van der Waals surface area contributed by atoms with Crippen LogP contribution >= 0.6 is 0 Å². The van der Waals surface area contributed by atoms with E-state index in [1.165, 1.54) is 11.1 Å². The summed E-state index contributed by atoms with van der Waals surface area (Å²) >= 11 is 0. The average molecular weight is 454 g/mol. The Morgan fingerprint density at radius 3 is 1.97 bits per heavy atom. The molecule has 0 saturated carbocycles. The minimum atomic E-state index is -0.516. The number of carbonyl (C=O) groups excluding carboxylic acids is 2. The summed E-state index contributed by atoms with van der Waals surface area (Å²) in [5, 5.41) is 0.